The van der Waals surface area contributed by atoms with Crippen LogP contribution in [-0.4, -0.2) is 17.4 Å². The molecule has 19 heavy (non-hydrogen) atoms. The minimum absolute atomic E-state index is 0.197. The lowest BCUT2D eigenvalue weighted by Crippen LogP contribution is -2.04. The Morgan fingerprint density at radius 2 is 2.05 bits per heavy atom. The van der Waals surface area contributed by atoms with Gasteiger partial charge >= 0.3 is 0 Å². The molecule has 1 aromatic carbocycles. The summed E-state index contributed by atoms with van der Waals surface area (Å²) in [7, 11) is 0. The number of pyridine rings is 1. The SMILES string of the molecule is CCOc1cncc(C(=O)c2ccc(F)c(C)c2)c1. The molecule has 3 nitrogen and oxygen atoms in total. The van der Waals surface area contributed by atoms with Crippen LogP contribution in [0.2, 0.25) is 0 Å². The molecule has 0 spiro atoms. The molecule has 0 fully saturated rings. The zero-order valence-corrected chi connectivity index (χ0v) is 10.8. The second kappa shape index (κ2) is 5.61. The summed E-state index contributed by atoms with van der Waals surface area (Å²) in [6, 6.07) is 5.93. The van der Waals surface area contributed by atoms with Crippen LogP contribution in [0.4, 0.5) is 4.39 Å². The fraction of sp³-hybridized carbons (Fsp3) is 0.200. The Morgan fingerprint density at radius 1 is 1.26 bits per heavy atom. The van der Waals surface area contributed by atoms with Crippen molar-refractivity contribution in [3.8, 4) is 5.75 Å². The molecule has 0 bridgehead atoms. The van der Waals surface area contributed by atoms with Crippen LogP contribution < -0.4 is 4.74 Å². The van der Waals surface area contributed by atoms with Gasteiger partial charge in [0, 0.05) is 17.3 Å². The predicted octanol–water partition coefficient (Wildman–Crippen LogP) is 3.16. The number of ether oxygens (including phenoxy) is 1. The summed E-state index contributed by atoms with van der Waals surface area (Å²) in [6.07, 6.45) is 3.03. The lowest BCUT2D eigenvalue weighted by atomic mass is 10.0. The topological polar surface area (TPSA) is 39.2 Å². The number of hydrogen-bond acceptors (Lipinski definition) is 3. The van der Waals surface area contributed by atoms with Crippen molar-refractivity contribution in [2.45, 2.75) is 13.8 Å². The summed E-state index contributed by atoms with van der Waals surface area (Å²) < 4.78 is 18.5. The highest BCUT2D eigenvalue weighted by Crippen LogP contribution is 2.17. The number of hydrogen-bond donors (Lipinski definition) is 0. The van der Waals surface area contributed by atoms with Crippen molar-refractivity contribution >= 4 is 5.78 Å². The van der Waals surface area contributed by atoms with Crippen LogP contribution >= 0.6 is 0 Å². The molecule has 98 valence electrons. The number of halogens is 1. The summed E-state index contributed by atoms with van der Waals surface area (Å²) in [5, 5.41) is 0. The van der Waals surface area contributed by atoms with Crippen LogP contribution in [0, 0.1) is 12.7 Å². The van der Waals surface area contributed by atoms with E-state index in [-0.39, 0.29) is 11.6 Å². The van der Waals surface area contributed by atoms with Crippen LogP contribution in [0.3, 0.4) is 0 Å². The Balaban J connectivity index is 2.32. The molecule has 0 aliphatic heterocycles. The summed E-state index contributed by atoms with van der Waals surface area (Å²) in [6.45, 7) is 3.99. The number of benzene rings is 1. The van der Waals surface area contributed by atoms with Gasteiger partial charge in [-0.25, -0.2) is 4.39 Å². The molecule has 0 aliphatic carbocycles. The third kappa shape index (κ3) is 2.96. The number of nitrogens with zero attached hydrogens (tertiary/aromatic N) is 1. The van der Waals surface area contributed by atoms with E-state index in [4.69, 9.17) is 4.74 Å². The predicted molar refractivity (Wildman–Crippen MR) is 70.0 cm³/mol. The van der Waals surface area contributed by atoms with Crippen molar-refractivity contribution in [2.24, 2.45) is 0 Å². The molecule has 1 aromatic heterocycles. The third-order valence-electron chi connectivity index (χ3n) is 2.71. The van der Waals surface area contributed by atoms with Gasteiger partial charge in [0.15, 0.2) is 5.78 Å². The van der Waals surface area contributed by atoms with E-state index in [9.17, 15) is 9.18 Å². The summed E-state index contributed by atoms with van der Waals surface area (Å²) >= 11 is 0. The van der Waals surface area contributed by atoms with E-state index < -0.39 is 0 Å². The first-order valence-electron chi connectivity index (χ1n) is 6.00. The molecule has 2 aromatic rings. The summed E-state index contributed by atoms with van der Waals surface area (Å²) in [5.74, 6) is 0.0297. The molecular weight excluding hydrogens is 245 g/mol. The molecular formula is C15H14FNO2. The van der Waals surface area contributed by atoms with E-state index in [0.717, 1.165) is 0 Å². The first-order chi connectivity index (χ1) is 9.11. The van der Waals surface area contributed by atoms with Crippen molar-refractivity contribution in [3.63, 3.8) is 0 Å². The average molecular weight is 259 g/mol. The van der Waals surface area contributed by atoms with Gasteiger partial charge in [0.25, 0.3) is 0 Å². The van der Waals surface area contributed by atoms with Crippen molar-refractivity contribution in [1.29, 1.82) is 0 Å². The Kier molecular flexibility index (Phi) is 3.90. The van der Waals surface area contributed by atoms with Gasteiger partial charge in [0.1, 0.15) is 11.6 Å². The van der Waals surface area contributed by atoms with E-state index in [0.29, 0.717) is 29.0 Å². The molecule has 0 saturated heterocycles. The number of ketones is 1. The highest BCUT2D eigenvalue weighted by molar-refractivity contribution is 6.09. The number of carbonyl (C=O) groups excluding carboxylic acids is 1. The van der Waals surface area contributed by atoms with Crippen LogP contribution in [0.25, 0.3) is 0 Å². The van der Waals surface area contributed by atoms with Crippen molar-refractivity contribution in [3.05, 3.63) is 59.2 Å². The first-order valence-corrected chi connectivity index (χ1v) is 6.00. The van der Waals surface area contributed by atoms with E-state index >= 15 is 0 Å². The van der Waals surface area contributed by atoms with Crippen molar-refractivity contribution in [2.75, 3.05) is 6.61 Å². The van der Waals surface area contributed by atoms with Crippen molar-refractivity contribution < 1.29 is 13.9 Å². The second-order valence-electron chi connectivity index (χ2n) is 4.14. The normalized spacial score (nSPS) is 10.3. The second-order valence-corrected chi connectivity index (χ2v) is 4.14. The molecule has 0 unspecified atom stereocenters. The van der Waals surface area contributed by atoms with Crippen LogP contribution in [-0.2, 0) is 0 Å². The van der Waals surface area contributed by atoms with Crippen LogP contribution in [0.1, 0.15) is 28.4 Å². The zero-order valence-electron chi connectivity index (χ0n) is 10.8. The summed E-state index contributed by atoms with van der Waals surface area (Å²) in [5.41, 5.74) is 1.31. The smallest absolute Gasteiger partial charge is 0.194 e. The van der Waals surface area contributed by atoms with E-state index in [1.807, 2.05) is 6.92 Å². The molecule has 0 radical (unpaired) electrons. The fourth-order valence-corrected chi connectivity index (χ4v) is 1.74. The molecule has 0 atom stereocenters. The number of carbonyl (C=O) groups is 1. The van der Waals surface area contributed by atoms with Gasteiger partial charge < -0.3 is 4.74 Å². The van der Waals surface area contributed by atoms with Gasteiger partial charge in [-0.3, -0.25) is 9.78 Å². The Morgan fingerprint density at radius 3 is 2.74 bits per heavy atom. The number of aryl methyl sites for hydroxylation is 1. The Bertz CT molecular complexity index is 611. The monoisotopic (exact) mass is 259 g/mol. The minimum Gasteiger partial charge on any atom is -0.492 e. The highest BCUT2D eigenvalue weighted by atomic mass is 19.1. The van der Waals surface area contributed by atoms with Gasteiger partial charge in [-0.15, -0.1) is 0 Å². The fourth-order valence-electron chi connectivity index (χ4n) is 1.74. The molecule has 0 saturated carbocycles. The molecule has 1 heterocycles. The zero-order chi connectivity index (χ0) is 13.8. The van der Waals surface area contributed by atoms with Crippen LogP contribution in [0.15, 0.2) is 36.7 Å². The maximum Gasteiger partial charge on any atom is 0.194 e. The van der Waals surface area contributed by atoms with Crippen molar-refractivity contribution in [1.82, 2.24) is 4.98 Å². The lowest BCUT2D eigenvalue weighted by Gasteiger charge is -2.06. The van der Waals surface area contributed by atoms with Gasteiger partial charge in [0.2, 0.25) is 0 Å². The average Bonchev–Trinajstić information content (AvgIpc) is 2.42. The molecule has 2 rings (SSSR count). The minimum atomic E-state index is -0.322. The molecule has 4 heteroatoms. The quantitative estimate of drug-likeness (QED) is 0.792. The lowest BCUT2D eigenvalue weighted by molar-refractivity contribution is 0.103. The standard InChI is InChI=1S/C15H14FNO2/c1-3-19-13-7-12(8-17-9-13)15(18)11-4-5-14(16)10(2)6-11/h4-9H,3H2,1-2H3. The Hall–Kier alpha value is -2.23. The Labute approximate surface area is 111 Å². The maximum absolute atomic E-state index is 13.2. The van der Waals surface area contributed by atoms with Crippen LogP contribution in [0.5, 0.6) is 5.75 Å². The first kappa shape index (κ1) is 13.2. The third-order valence-corrected chi connectivity index (χ3v) is 2.71. The van der Waals surface area contributed by atoms with E-state index in [2.05, 4.69) is 4.98 Å². The molecule has 0 N–H and O–H groups in total. The molecule has 0 aliphatic rings. The van der Waals surface area contributed by atoms with Gasteiger partial charge in [-0.1, -0.05) is 0 Å². The van der Waals surface area contributed by atoms with E-state index in [1.54, 1.807) is 19.2 Å². The van der Waals surface area contributed by atoms with E-state index in [1.165, 1.54) is 24.4 Å². The van der Waals surface area contributed by atoms with Gasteiger partial charge in [0.05, 0.1) is 12.8 Å². The largest absolute Gasteiger partial charge is 0.492 e. The molecule has 0 amide bonds. The maximum atomic E-state index is 13.2. The number of aromatic nitrogens is 1. The van der Waals surface area contributed by atoms with Gasteiger partial charge in [-0.05, 0) is 43.7 Å². The summed E-state index contributed by atoms with van der Waals surface area (Å²) in [4.78, 5) is 16.2. The highest BCUT2D eigenvalue weighted by Gasteiger charge is 2.12. The van der Waals surface area contributed by atoms with Gasteiger partial charge in [-0.2, -0.15) is 0 Å². The number of rotatable bonds is 4.